The van der Waals surface area contributed by atoms with Gasteiger partial charge in [0.2, 0.25) is 15.9 Å². The second kappa shape index (κ2) is 10.6. The molecule has 4 rings (SSSR count). The highest BCUT2D eigenvalue weighted by Crippen LogP contribution is 2.29. The fraction of sp³-hybridized carbons (Fsp3) is 0.360. The molecule has 0 unspecified atom stereocenters. The van der Waals surface area contributed by atoms with Gasteiger partial charge in [-0.25, -0.2) is 12.8 Å². The zero-order chi connectivity index (χ0) is 25.0. The van der Waals surface area contributed by atoms with Crippen LogP contribution in [0.2, 0.25) is 0 Å². The van der Waals surface area contributed by atoms with E-state index in [1.54, 1.807) is 37.5 Å². The van der Waals surface area contributed by atoms with Gasteiger partial charge in [0.05, 0.1) is 6.26 Å². The third kappa shape index (κ3) is 5.71. The highest BCUT2D eigenvalue weighted by atomic mass is 32.2. The van der Waals surface area contributed by atoms with Crippen LogP contribution in [0.4, 0.5) is 4.39 Å². The predicted molar refractivity (Wildman–Crippen MR) is 128 cm³/mol. The Labute approximate surface area is 203 Å². The number of aromatic nitrogens is 1. The minimum Gasteiger partial charge on any atom is -0.469 e. The standard InChI is InChI=1S/C25H28FN3O5S/c1-17(16-21-7-5-15-33-21)27-25(30)20-11-13-29(14-12-20)35(31,32)24-18(2)28-34-23(24)10-9-19-6-3-4-8-22(19)26/h3-10,15,17,20H,11-14,16H2,1-2H3,(H,27,30)/b10-9+/t17-/m0/s1. The molecule has 2 aromatic heterocycles. The van der Waals surface area contributed by atoms with Crippen molar-refractivity contribution in [1.82, 2.24) is 14.8 Å². The van der Waals surface area contributed by atoms with E-state index in [-0.39, 0.29) is 47.3 Å². The summed E-state index contributed by atoms with van der Waals surface area (Å²) >= 11 is 0. The SMILES string of the molecule is Cc1noc(/C=C/c2ccccc2F)c1S(=O)(=O)N1CCC(C(=O)N[C@@H](C)Cc2ccco2)CC1. The number of aryl methyl sites for hydroxylation is 1. The van der Waals surface area contributed by atoms with Crippen LogP contribution in [0.25, 0.3) is 12.2 Å². The van der Waals surface area contributed by atoms with Crippen molar-refractivity contribution in [2.45, 2.75) is 44.0 Å². The first-order chi connectivity index (χ1) is 16.8. The highest BCUT2D eigenvalue weighted by molar-refractivity contribution is 7.89. The van der Waals surface area contributed by atoms with Crippen molar-refractivity contribution < 1.29 is 26.5 Å². The van der Waals surface area contributed by atoms with Gasteiger partial charge in [-0.1, -0.05) is 23.4 Å². The Morgan fingerprint density at radius 3 is 2.66 bits per heavy atom. The topological polar surface area (TPSA) is 106 Å². The molecule has 1 aromatic carbocycles. The van der Waals surface area contributed by atoms with Gasteiger partial charge in [0.1, 0.15) is 17.3 Å². The number of carbonyl (C=O) groups excluding carboxylic acids is 1. The number of amides is 1. The van der Waals surface area contributed by atoms with Crippen molar-refractivity contribution in [2.75, 3.05) is 13.1 Å². The van der Waals surface area contributed by atoms with Gasteiger partial charge in [0.15, 0.2) is 10.7 Å². The van der Waals surface area contributed by atoms with Crippen molar-refractivity contribution >= 4 is 28.1 Å². The molecule has 10 heteroatoms. The quantitative estimate of drug-likeness (QED) is 0.500. The van der Waals surface area contributed by atoms with Gasteiger partial charge in [-0.2, -0.15) is 4.31 Å². The summed E-state index contributed by atoms with van der Waals surface area (Å²) in [7, 11) is -3.91. The normalized spacial score (nSPS) is 16.5. The molecule has 1 fully saturated rings. The van der Waals surface area contributed by atoms with E-state index in [4.69, 9.17) is 8.94 Å². The lowest BCUT2D eigenvalue weighted by molar-refractivity contribution is -0.126. The number of carbonyl (C=O) groups is 1. The Morgan fingerprint density at radius 1 is 1.23 bits per heavy atom. The smallest absolute Gasteiger partial charge is 0.248 e. The van der Waals surface area contributed by atoms with Crippen molar-refractivity contribution in [3.05, 3.63) is 71.3 Å². The molecule has 0 saturated carbocycles. The van der Waals surface area contributed by atoms with E-state index in [1.165, 1.54) is 22.5 Å². The van der Waals surface area contributed by atoms with Crippen LogP contribution in [0.1, 0.15) is 42.5 Å². The monoisotopic (exact) mass is 501 g/mol. The number of rotatable bonds is 8. The first kappa shape index (κ1) is 24.9. The maximum absolute atomic E-state index is 13.9. The largest absolute Gasteiger partial charge is 0.469 e. The molecule has 35 heavy (non-hydrogen) atoms. The van der Waals surface area contributed by atoms with Crippen LogP contribution in [0.5, 0.6) is 0 Å². The summed E-state index contributed by atoms with van der Waals surface area (Å²) < 4.78 is 52.7. The maximum atomic E-state index is 13.9. The molecule has 1 N–H and O–H groups in total. The molecule has 1 aliphatic rings. The molecule has 0 bridgehead atoms. The highest BCUT2D eigenvalue weighted by Gasteiger charge is 2.36. The van der Waals surface area contributed by atoms with Gasteiger partial charge in [-0.05, 0) is 57.0 Å². The zero-order valence-corrected chi connectivity index (χ0v) is 20.4. The average Bonchev–Trinajstić information content (AvgIpc) is 3.48. The number of halogens is 1. The van der Waals surface area contributed by atoms with Crippen molar-refractivity contribution in [1.29, 1.82) is 0 Å². The molecule has 3 aromatic rings. The van der Waals surface area contributed by atoms with E-state index in [0.29, 0.717) is 24.8 Å². The summed E-state index contributed by atoms with van der Waals surface area (Å²) in [4.78, 5) is 12.7. The molecule has 0 radical (unpaired) electrons. The fourth-order valence-electron chi connectivity index (χ4n) is 4.20. The van der Waals surface area contributed by atoms with Gasteiger partial charge >= 0.3 is 0 Å². The summed E-state index contributed by atoms with van der Waals surface area (Å²) in [5.74, 6) is 0.0449. The third-order valence-electron chi connectivity index (χ3n) is 6.05. The summed E-state index contributed by atoms with van der Waals surface area (Å²) in [5.41, 5.74) is 0.530. The lowest BCUT2D eigenvalue weighted by Crippen LogP contribution is -2.45. The van der Waals surface area contributed by atoms with Crippen LogP contribution in [-0.4, -0.2) is 42.9 Å². The third-order valence-corrected chi connectivity index (χ3v) is 8.11. The Hall–Kier alpha value is -3.24. The van der Waals surface area contributed by atoms with E-state index >= 15 is 0 Å². The van der Waals surface area contributed by atoms with Gasteiger partial charge in [0.25, 0.3) is 0 Å². The molecule has 186 valence electrons. The minimum atomic E-state index is -3.91. The number of hydrogen-bond acceptors (Lipinski definition) is 6. The summed E-state index contributed by atoms with van der Waals surface area (Å²) in [6.45, 7) is 3.87. The van der Waals surface area contributed by atoms with Crippen LogP contribution in [0.15, 0.2) is 56.5 Å². The predicted octanol–water partition coefficient (Wildman–Crippen LogP) is 4.03. The van der Waals surface area contributed by atoms with Gasteiger partial charge in [0, 0.05) is 37.0 Å². The molecule has 1 saturated heterocycles. The number of nitrogens with one attached hydrogen (secondary N) is 1. The molecule has 0 aliphatic carbocycles. The Bertz CT molecular complexity index is 1290. The fourth-order valence-corrected chi connectivity index (χ4v) is 5.92. The molecule has 0 spiro atoms. The molecule has 1 atom stereocenters. The number of sulfonamides is 1. The first-order valence-corrected chi connectivity index (χ1v) is 12.9. The van der Waals surface area contributed by atoms with E-state index in [2.05, 4.69) is 10.5 Å². The molecule has 8 nitrogen and oxygen atoms in total. The van der Waals surface area contributed by atoms with Gasteiger partial charge in [-0.3, -0.25) is 4.79 Å². The van der Waals surface area contributed by atoms with E-state index in [9.17, 15) is 17.6 Å². The first-order valence-electron chi connectivity index (χ1n) is 11.5. The number of furan rings is 1. The summed E-state index contributed by atoms with van der Waals surface area (Å²) in [5, 5.41) is 6.81. The Kier molecular flexibility index (Phi) is 7.51. The average molecular weight is 502 g/mol. The van der Waals surface area contributed by atoms with Gasteiger partial charge < -0.3 is 14.3 Å². The molecular weight excluding hydrogens is 473 g/mol. The van der Waals surface area contributed by atoms with E-state index < -0.39 is 15.8 Å². The minimum absolute atomic E-state index is 0.0392. The zero-order valence-electron chi connectivity index (χ0n) is 19.6. The second-order valence-corrected chi connectivity index (χ2v) is 10.6. The molecule has 3 heterocycles. The van der Waals surface area contributed by atoms with E-state index in [1.807, 2.05) is 13.0 Å². The number of piperidine rings is 1. The number of benzene rings is 1. The Balaban J connectivity index is 1.40. The van der Waals surface area contributed by atoms with E-state index in [0.717, 1.165) is 5.76 Å². The molecular formula is C25H28FN3O5S. The summed E-state index contributed by atoms with van der Waals surface area (Å²) in [6.07, 6.45) is 5.85. The number of nitrogens with zero attached hydrogens (tertiary/aromatic N) is 2. The van der Waals surface area contributed by atoms with Crippen molar-refractivity contribution in [3.63, 3.8) is 0 Å². The van der Waals surface area contributed by atoms with Crippen molar-refractivity contribution in [3.8, 4) is 0 Å². The summed E-state index contributed by atoms with van der Waals surface area (Å²) in [6, 6.07) is 9.72. The Morgan fingerprint density at radius 2 is 1.97 bits per heavy atom. The maximum Gasteiger partial charge on any atom is 0.248 e. The van der Waals surface area contributed by atoms with Crippen LogP contribution in [-0.2, 0) is 21.2 Å². The molecule has 1 amide bonds. The second-order valence-electron chi connectivity index (χ2n) is 8.69. The molecule has 1 aliphatic heterocycles. The van der Waals surface area contributed by atoms with Crippen molar-refractivity contribution in [2.24, 2.45) is 5.92 Å². The van der Waals surface area contributed by atoms with Crippen LogP contribution in [0, 0.1) is 18.7 Å². The van der Waals surface area contributed by atoms with Crippen LogP contribution >= 0.6 is 0 Å². The van der Waals surface area contributed by atoms with Crippen LogP contribution in [0.3, 0.4) is 0 Å². The number of hydrogen-bond donors (Lipinski definition) is 1. The van der Waals surface area contributed by atoms with Crippen LogP contribution < -0.4 is 5.32 Å². The lowest BCUT2D eigenvalue weighted by Gasteiger charge is -2.31. The lowest BCUT2D eigenvalue weighted by atomic mass is 9.96. The van der Waals surface area contributed by atoms with Gasteiger partial charge in [-0.15, -0.1) is 0 Å².